The molecule has 84 valence electrons. The highest BCUT2D eigenvalue weighted by Crippen LogP contribution is 2.17. The number of ketones is 1. The average molecular weight is 208 g/mol. The molecule has 0 N–H and O–H groups in total. The van der Waals surface area contributed by atoms with Crippen molar-refractivity contribution < 1.29 is 9.53 Å². The van der Waals surface area contributed by atoms with Crippen molar-refractivity contribution in [2.45, 2.75) is 58.0 Å². The lowest BCUT2D eigenvalue weighted by Crippen LogP contribution is -2.19. The standard InChI is InChI=1S/C13H20O2/c1-2-3-4-7-12(14)9-10-13-8-5-6-11-15-13/h13H,4-11H2,1H3. The summed E-state index contributed by atoms with van der Waals surface area (Å²) in [7, 11) is 0. The van der Waals surface area contributed by atoms with Gasteiger partial charge in [0.05, 0.1) is 6.10 Å². The normalized spacial score (nSPS) is 20.5. The van der Waals surface area contributed by atoms with Gasteiger partial charge in [0.25, 0.3) is 0 Å². The summed E-state index contributed by atoms with van der Waals surface area (Å²) in [5, 5.41) is 0. The molecule has 0 aromatic heterocycles. The molecule has 0 aromatic rings. The zero-order chi connectivity index (χ0) is 10.9. The number of carbonyl (C=O) groups excluding carboxylic acids is 1. The lowest BCUT2D eigenvalue weighted by Gasteiger charge is -2.21. The summed E-state index contributed by atoms with van der Waals surface area (Å²) in [4.78, 5) is 11.4. The summed E-state index contributed by atoms with van der Waals surface area (Å²) in [6, 6.07) is 0. The third-order valence-corrected chi connectivity index (χ3v) is 2.72. The van der Waals surface area contributed by atoms with Crippen molar-refractivity contribution in [3.63, 3.8) is 0 Å². The van der Waals surface area contributed by atoms with Gasteiger partial charge in [0.1, 0.15) is 5.78 Å². The van der Waals surface area contributed by atoms with Crippen molar-refractivity contribution in [3.05, 3.63) is 0 Å². The van der Waals surface area contributed by atoms with E-state index in [9.17, 15) is 4.79 Å². The Kier molecular flexibility index (Phi) is 6.11. The van der Waals surface area contributed by atoms with Crippen LogP contribution >= 0.6 is 0 Å². The maximum absolute atomic E-state index is 11.4. The van der Waals surface area contributed by atoms with Gasteiger partial charge in [0.2, 0.25) is 0 Å². The van der Waals surface area contributed by atoms with Crippen LogP contribution in [-0.4, -0.2) is 18.5 Å². The van der Waals surface area contributed by atoms with E-state index in [0.717, 1.165) is 19.4 Å². The van der Waals surface area contributed by atoms with Crippen LogP contribution in [0, 0.1) is 11.8 Å². The van der Waals surface area contributed by atoms with Gasteiger partial charge in [0, 0.05) is 25.9 Å². The number of ether oxygens (including phenoxy) is 1. The molecule has 1 fully saturated rings. The van der Waals surface area contributed by atoms with Crippen molar-refractivity contribution >= 4 is 5.78 Å². The van der Waals surface area contributed by atoms with Gasteiger partial charge in [-0.05, 0) is 32.6 Å². The van der Waals surface area contributed by atoms with Gasteiger partial charge in [-0.1, -0.05) is 0 Å². The Labute approximate surface area is 92.4 Å². The minimum atomic E-state index is 0.326. The zero-order valence-electron chi connectivity index (χ0n) is 9.55. The minimum Gasteiger partial charge on any atom is -0.378 e. The maximum Gasteiger partial charge on any atom is 0.133 e. The van der Waals surface area contributed by atoms with Crippen LogP contribution < -0.4 is 0 Å². The first-order valence-corrected chi connectivity index (χ1v) is 5.86. The summed E-state index contributed by atoms with van der Waals surface area (Å²) < 4.78 is 5.57. The van der Waals surface area contributed by atoms with Crippen LogP contribution in [0.5, 0.6) is 0 Å². The first kappa shape index (κ1) is 12.3. The average Bonchev–Trinajstić information content (AvgIpc) is 2.28. The fraction of sp³-hybridized carbons (Fsp3) is 0.769. The number of Topliss-reactive ketones (excluding diaryl/α,β-unsaturated/α-hetero) is 1. The van der Waals surface area contributed by atoms with E-state index < -0.39 is 0 Å². The molecule has 1 atom stereocenters. The number of hydrogen-bond acceptors (Lipinski definition) is 2. The van der Waals surface area contributed by atoms with Crippen molar-refractivity contribution in [3.8, 4) is 11.8 Å². The van der Waals surface area contributed by atoms with Crippen LogP contribution in [-0.2, 0) is 9.53 Å². The lowest BCUT2D eigenvalue weighted by atomic mass is 10.0. The molecule has 0 saturated carbocycles. The first-order chi connectivity index (χ1) is 7.33. The molecule has 2 heteroatoms. The molecule has 1 heterocycles. The molecule has 1 unspecified atom stereocenters. The fourth-order valence-corrected chi connectivity index (χ4v) is 1.81. The van der Waals surface area contributed by atoms with Crippen molar-refractivity contribution in [1.29, 1.82) is 0 Å². The van der Waals surface area contributed by atoms with E-state index in [2.05, 4.69) is 11.8 Å². The van der Waals surface area contributed by atoms with Gasteiger partial charge in [-0.3, -0.25) is 4.79 Å². The lowest BCUT2D eigenvalue weighted by molar-refractivity contribution is -0.120. The van der Waals surface area contributed by atoms with Gasteiger partial charge >= 0.3 is 0 Å². The fourth-order valence-electron chi connectivity index (χ4n) is 1.81. The van der Waals surface area contributed by atoms with E-state index in [0.29, 0.717) is 31.1 Å². The van der Waals surface area contributed by atoms with E-state index in [4.69, 9.17) is 4.74 Å². The number of rotatable bonds is 5. The summed E-state index contributed by atoms with van der Waals surface area (Å²) in [6.45, 7) is 2.68. The Bertz CT molecular complexity index is 241. The smallest absolute Gasteiger partial charge is 0.133 e. The molecular formula is C13H20O2. The second-order valence-electron chi connectivity index (χ2n) is 3.99. The Balaban J connectivity index is 2.06. The number of carbonyl (C=O) groups is 1. The minimum absolute atomic E-state index is 0.326. The predicted octanol–water partition coefficient (Wildman–Crippen LogP) is 2.71. The van der Waals surface area contributed by atoms with Gasteiger partial charge in [-0.2, -0.15) is 0 Å². The van der Waals surface area contributed by atoms with Gasteiger partial charge in [0.15, 0.2) is 0 Å². The molecule has 0 amide bonds. The largest absolute Gasteiger partial charge is 0.378 e. The molecule has 0 radical (unpaired) electrons. The van der Waals surface area contributed by atoms with Crippen molar-refractivity contribution in [2.24, 2.45) is 0 Å². The van der Waals surface area contributed by atoms with Gasteiger partial charge in [-0.25, -0.2) is 0 Å². The predicted molar refractivity (Wildman–Crippen MR) is 60.5 cm³/mol. The Morgan fingerprint density at radius 2 is 2.27 bits per heavy atom. The van der Waals surface area contributed by atoms with Crippen molar-refractivity contribution in [1.82, 2.24) is 0 Å². The third-order valence-electron chi connectivity index (χ3n) is 2.72. The quantitative estimate of drug-likeness (QED) is 0.649. The molecule has 2 nitrogen and oxygen atoms in total. The molecule has 15 heavy (non-hydrogen) atoms. The summed E-state index contributed by atoms with van der Waals surface area (Å²) in [6.07, 6.45) is 6.77. The Hall–Kier alpha value is -0.810. The summed E-state index contributed by atoms with van der Waals surface area (Å²) in [5.74, 6) is 6.04. The van der Waals surface area contributed by atoms with E-state index >= 15 is 0 Å². The molecule has 1 aliphatic rings. The molecule has 0 bridgehead atoms. The monoisotopic (exact) mass is 208 g/mol. The van der Waals surface area contributed by atoms with Crippen LogP contribution in [0.3, 0.4) is 0 Å². The van der Waals surface area contributed by atoms with E-state index in [1.165, 1.54) is 12.8 Å². The maximum atomic E-state index is 11.4. The zero-order valence-corrected chi connectivity index (χ0v) is 9.55. The molecule has 1 saturated heterocycles. The third kappa shape index (κ3) is 5.59. The summed E-state index contributed by atoms with van der Waals surface area (Å²) in [5.41, 5.74) is 0. The van der Waals surface area contributed by atoms with E-state index in [1.54, 1.807) is 6.92 Å². The van der Waals surface area contributed by atoms with Crippen LogP contribution in [0.15, 0.2) is 0 Å². The second kappa shape index (κ2) is 7.48. The van der Waals surface area contributed by atoms with Gasteiger partial charge < -0.3 is 4.74 Å². The van der Waals surface area contributed by atoms with E-state index in [-0.39, 0.29) is 0 Å². The molecule has 0 aliphatic carbocycles. The Morgan fingerprint density at radius 1 is 1.40 bits per heavy atom. The molecule has 1 aliphatic heterocycles. The molecular weight excluding hydrogens is 188 g/mol. The topological polar surface area (TPSA) is 26.3 Å². The van der Waals surface area contributed by atoms with Crippen molar-refractivity contribution in [2.75, 3.05) is 6.61 Å². The molecule has 0 aromatic carbocycles. The molecule has 0 spiro atoms. The molecule has 1 rings (SSSR count). The second-order valence-corrected chi connectivity index (χ2v) is 3.99. The highest BCUT2D eigenvalue weighted by Gasteiger charge is 2.14. The Morgan fingerprint density at radius 3 is 2.93 bits per heavy atom. The van der Waals surface area contributed by atoms with Crippen LogP contribution in [0.25, 0.3) is 0 Å². The van der Waals surface area contributed by atoms with Crippen LogP contribution in [0.2, 0.25) is 0 Å². The van der Waals surface area contributed by atoms with Crippen LogP contribution in [0.1, 0.15) is 51.9 Å². The SMILES string of the molecule is CC#CCCC(=O)CCC1CCCCO1. The summed E-state index contributed by atoms with van der Waals surface area (Å²) >= 11 is 0. The van der Waals surface area contributed by atoms with Crippen LogP contribution in [0.4, 0.5) is 0 Å². The highest BCUT2D eigenvalue weighted by molar-refractivity contribution is 5.78. The first-order valence-electron chi connectivity index (χ1n) is 5.86. The number of hydrogen-bond donors (Lipinski definition) is 0. The highest BCUT2D eigenvalue weighted by atomic mass is 16.5. The van der Waals surface area contributed by atoms with Gasteiger partial charge in [-0.15, -0.1) is 11.8 Å². The van der Waals surface area contributed by atoms with E-state index in [1.807, 2.05) is 0 Å².